The summed E-state index contributed by atoms with van der Waals surface area (Å²) in [6.07, 6.45) is 3.48. The first-order valence-electron chi connectivity index (χ1n) is 10.7. The molecule has 1 aliphatic heterocycles. The van der Waals surface area contributed by atoms with E-state index in [1.165, 1.54) is 15.9 Å². The molecule has 8 heteroatoms. The number of aromatic nitrogens is 4. The maximum absolute atomic E-state index is 13.6. The van der Waals surface area contributed by atoms with Gasteiger partial charge >= 0.3 is 5.69 Å². The summed E-state index contributed by atoms with van der Waals surface area (Å²) in [7, 11) is 0. The van der Waals surface area contributed by atoms with Gasteiger partial charge in [-0.15, -0.1) is 11.3 Å². The summed E-state index contributed by atoms with van der Waals surface area (Å²) in [6, 6.07) is 13.8. The Labute approximate surface area is 183 Å². The lowest BCUT2D eigenvalue weighted by atomic mass is 10.1. The lowest BCUT2D eigenvalue weighted by molar-refractivity contribution is 0.346. The summed E-state index contributed by atoms with van der Waals surface area (Å²) in [5, 5.41) is 7.88. The third-order valence-corrected chi connectivity index (χ3v) is 7.09. The van der Waals surface area contributed by atoms with Crippen LogP contribution in [0.5, 0.6) is 0 Å². The topological polar surface area (TPSA) is 73.8 Å². The third-order valence-electron chi connectivity index (χ3n) is 5.93. The molecule has 1 N–H and O–H groups in total. The maximum atomic E-state index is 13.6. The summed E-state index contributed by atoms with van der Waals surface area (Å²) >= 11 is 1.46. The van der Waals surface area contributed by atoms with Crippen LogP contribution in [0.2, 0.25) is 0 Å². The van der Waals surface area contributed by atoms with E-state index in [0.29, 0.717) is 16.8 Å². The van der Waals surface area contributed by atoms with E-state index in [4.69, 9.17) is 0 Å². The molecule has 0 unspecified atom stereocenters. The van der Waals surface area contributed by atoms with Crippen LogP contribution in [0.1, 0.15) is 31.5 Å². The zero-order valence-corrected chi connectivity index (χ0v) is 18.3. The van der Waals surface area contributed by atoms with Crippen LogP contribution >= 0.6 is 11.3 Å². The molecule has 0 spiro atoms. The number of rotatable bonds is 5. The Morgan fingerprint density at radius 3 is 2.61 bits per heavy atom. The smallest absolute Gasteiger partial charge is 0.317 e. The highest BCUT2D eigenvalue weighted by molar-refractivity contribution is 7.22. The molecule has 31 heavy (non-hydrogen) atoms. The van der Waals surface area contributed by atoms with E-state index in [1.807, 2.05) is 60.3 Å². The van der Waals surface area contributed by atoms with Crippen LogP contribution in [0.4, 0.5) is 0 Å². The number of nitrogens with one attached hydrogen (secondary N) is 1. The van der Waals surface area contributed by atoms with Crippen molar-refractivity contribution in [1.29, 1.82) is 0 Å². The summed E-state index contributed by atoms with van der Waals surface area (Å²) in [4.78, 5) is 28.1. The van der Waals surface area contributed by atoms with Crippen LogP contribution < -0.4 is 16.6 Å². The third kappa shape index (κ3) is 3.66. The van der Waals surface area contributed by atoms with Crippen molar-refractivity contribution >= 4 is 21.6 Å². The largest absolute Gasteiger partial charge is 0.332 e. The normalized spacial score (nSPS) is 15.0. The zero-order chi connectivity index (χ0) is 21.4. The molecule has 0 radical (unpaired) electrons. The number of aryl methyl sites for hydroxylation is 1. The number of benzene rings is 1. The molecule has 1 aliphatic rings. The van der Waals surface area contributed by atoms with Crippen molar-refractivity contribution in [2.45, 2.75) is 38.9 Å². The molecule has 0 atom stereocenters. The Bertz CT molecular complexity index is 1330. The predicted molar refractivity (Wildman–Crippen MR) is 124 cm³/mol. The molecule has 0 amide bonds. The quantitative estimate of drug-likeness (QED) is 0.523. The second-order valence-corrected chi connectivity index (χ2v) is 8.93. The van der Waals surface area contributed by atoms with E-state index < -0.39 is 0 Å². The molecule has 1 aromatic carbocycles. The average Bonchev–Trinajstić information content (AvgIpc) is 3.45. The van der Waals surface area contributed by atoms with Gasteiger partial charge in [0.05, 0.1) is 17.8 Å². The second kappa shape index (κ2) is 8.28. The van der Waals surface area contributed by atoms with Crippen molar-refractivity contribution in [3.8, 4) is 10.4 Å². The first-order chi connectivity index (χ1) is 15.2. The van der Waals surface area contributed by atoms with Crippen molar-refractivity contribution in [3.05, 3.63) is 75.2 Å². The highest BCUT2D eigenvalue weighted by atomic mass is 32.1. The van der Waals surface area contributed by atoms with Crippen molar-refractivity contribution in [2.24, 2.45) is 0 Å². The molecule has 5 rings (SSSR count). The highest BCUT2D eigenvalue weighted by Crippen LogP contribution is 2.31. The van der Waals surface area contributed by atoms with E-state index >= 15 is 0 Å². The van der Waals surface area contributed by atoms with Gasteiger partial charge in [-0.1, -0.05) is 30.3 Å². The van der Waals surface area contributed by atoms with E-state index in [0.717, 1.165) is 48.6 Å². The SMILES string of the molecule is CCn1ccc(Cn2c(=O)n(C3CCNCC3)c(=O)c3sc(-c4ccccc4)cc32)n1. The summed E-state index contributed by atoms with van der Waals surface area (Å²) in [5.74, 6) is 0. The molecule has 7 nitrogen and oxygen atoms in total. The van der Waals surface area contributed by atoms with Crippen LogP contribution in [0.3, 0.4) is 0 Å². The van der Waals surface area contributed by atoms with Gasteiger partial charge in [0.15, 0.2) is 0 Å². The minimum absolute atomic E-state index is 0.0765. The van der Waals surface area contributed by atoms with Gasteiger partial charge in [-0.05, 0) is 50.6 Å². The predicted octanol–water partition coefficient (Wildman–Crippen LogP) is 3.08. The summed E-state index contributed by atoms with van der Waals surface area (Å²) in [6.45, 7) is 4.78. The van der Waals surface area contributed by atoms with Gasteiger partial charge in [0.1, 0.15) is 4.70 Å². The Morgan fingerprint density at radius 2 is 1.90 bits per heavy atom. The second-order valence-electron chi connectivity index (χ2n) is 7.88. The summed E-state index contributed by atoms with van der Waals surface area (Å²) in [5.41, 5.74) is 2.14. The lowest BCUT2D eigenvalue weighted by Gasteiger charge is -2.24. The van der Waals surface area contributed by atoms with Crippen LogP contribution in [-0.2, 0) is 13.1 Å². The van der Waals surface area contributed by atoms with Crippen LogP contribution in [0.25, 0.3) is 20.7 Å². The number of nitrogens with zero attached hydrogens (tertiary/aromatic N) is 4. The van der Waals surface area contributed by atoms with Crippen LogP contribution in [-0.4, -0.2) is 32.0 Å². The lowest BCUT2D eigenvalue weighted by Crippen LogP contribution is -2.45. The van der Waals surface area contributed by atoms with Gasteiger partial charge in [-0.25, -0.2) is 4.79 Å². The minimum Gasteiger partial charge on any atom is -0.317 e. The number of piperidine rings is 1. The summed E-state index contributed by atoms with van der Waals surface area (Å²) < 4.78 is 5.70. The molecule has 160 valence electrons. The van der Waals surface area contributed by atoms with Gasteiger partial charge in [0, 0.05) is 23.7 Å². The molecule has 4 heterocycles. The minimum atomic E-state index is -0.243. The van der Waals surface area contributed by atoms with E-state index in [9.17, 15) is 9.59 Å². The molecule has 1 fully saturated rings. The van der Waals surface area contributed by atoms with Crippen LogP contribution in [0, 0.1) is 0 Å². The number of hydrogen-bond donors (Lipinski definition) is 1. The average molecular weight is 436 g/mol. The van der Waals surface area contributed by atoms with Gasteiger partial charge in [0.25, 0.3) is 5.56 Å². The first kappa shape index (κ1) is 20.0. The molecule has 0 saturated carbocycles. The number of thiophene rings is 1. The molecular formula is C23H25N5O2S. The van der Waals surface area contributed by atoms with Gasteiger partial charge in [0.2, 0.25) is 0 Å². The standard InChI is InChI=1S/C23H25N5O2S/c1-2-26-13-10-17(25-26)15-27-19-14-20(16-6-4-3-5-7-16)31-21(19)22(29)28(23(27)30)18-8-11-24-12-9-18/h3-7,10,13-14,18,24H,2,8-9,11-12,15H2,1H3. The molecule has 3 aromatic heterocycles. The Kier molecular flexibility index (Phi) is 5.33. The van der Waals surface area contributed by atoms with Crippen molar-refractivity contribution in [2.75, 3.05) is 13.1 Å². The Hall–Kier alpha value is -2.97. The van der Waals surface area contributed by atoms with Crippen LogP contribution in [0.15, 0.2) is 58.3 Å². The van der Waals surface area contributed by atoms with E-state index in [-0.39, 0.29) is 17.3 Å². The fourth-order valence-electron chi connectivity index (χ4n) is 4.28. The Morgan fingerprint density at radius 1 is 1.13 bits per heavy atom. The van der Waals surface area contributed by atoms with Gasteiger partial charge in [-0.3, -0.25) is 18.6 Å². The van der Waals surface area contributed by atoms with Gasteiger partial charge in [-0.2, -0.15) is 5.10 Å². The maximum Gasteiger partial charge on any atom is 0.332 e. The van der Waals surface area contributed by atoms with Crippen molar-refractivity contribution < 1.29 is 0 Å². The van der Waals surface area contributed by atoms with Gasteiger partial charge < -0.3 is 5.32 Å². The Balaban J connectivity index is 1.72. The van der Waals surface area contributed by atoms with Crippen molar-refractivity contribution in [1.82, 2.24) is 24.2 Å². The highest BCUT2D eigenvalue weighted by Gasteiger charge is 2.24. The monoisotopic (exact) mass is 435 g/mol. The fraction of sp³-hybridized carbons (Fsp3) is 0.348. The van der Waals surface area contributed by atoms with Crippen molar-refractivity contribution in [3.63, 3.8) is 0 Å². The molecule has 4 aromatic rings. The number of hydrogen-bond acceptors (Lipinski definition) is 5. The molecule has 0 aliphatic carbocycles. The first-order valence-corrected chi connectivity index (χ1v) is 11.5. The van der Waals surface area contributed by atoms with E-state index in [2.05, 4.69) is 10.4 Å². The van der Waals surface area contributed by atoms with E-state index in [1.54, 1.807) is 4.57 Å². The molecule has 0 bridgehead atoms. The molecular weight excluding hydrogens is 410 g/mol. The molecule has 1 saturated heterocycles. The number of fused-ring (bicyclic) bond motifs is 1. The zero-order valence-electron chi connectivity index (χ0n) is 17.5. The fourth-order valence-corrected chi connectivity index (χ4v) is 5.38.